The highest BCUT2D eigenvalue weighted by Gasteiger charge is 2.12. The molecule has 0 amide bonds. The van der Waals surface area contributed by atoms with E-state index >= 15 is 0 Å². The third-order valence-corrected chi connectivity index (χ3v) is 4.09. The first kappa shape index (κ1) is 9.29. The summed E-state index contributed by atoms with van der Waals surface area (Å²) in [5.41, 5.74) is 3.06. The molecule has 0 nitrogen and oxygen atoms in total. The maximum Gasteiger partial charge on any atom is 0.134 e. The number of aryl methyl sites for hydroxylation is 1. The van der Waals surface area contributed by atoms with Crippen molar-refractivity contribution < 1.29 is 0 Å². The van der Waals surface area contributed by atoms with Crippen molar-refractivity contribution in [3.8, 4) is 0 Å². The van der Waals surface area contributed by atoms with Crippen LogP contribution >= 0.6 is 0 Å². The van der Waals surface area contributed by atoms with Gasteiger partial charge < -0.3 is 0 Å². The average molecular weight is 216 g/mol. The third kappa shape index (κ3) is 1.14. The van der Waals surface area contributed by atoms with E-state index in [1.54, 1.807) is 0 Å². The first-order valence-corrected chi connectivity index (χ1v) is 6.27. The Morgan fingerprint density at radius 1 is 0.765 bits per heavy atom. The van der Waals surface area contributed by atoms with Crippen LogP contribution in [0.5, 0.6) is 0 Å². The van der Waals surface area contributed by atoms with Gasteiger partial charge in [-0.25, -0.2) is 0 Å². The fourth-order valence-electron chi connectivity index (χ4n) is 3.17. The first-order chi connectivity index (χ1) is 8.34. The van der Waals surface area contributed by atoms with E-state index in [1.165, 1.54) is 50.6 Å². The summed E-state index contributed by atoms with van der Waals surface area (Å²) in [4.78, 5) is 0. The summed E-state index contributed by atoms with van der Waals surface area (Å²) >= 11 is 0. The van der Waals surface area contributed by atoms with Crippen LogP contribution in [0.2, 0.25) is 0 Å². The van der Waals surface area contributed by atoms with Crippen molar-refractivity contribution in [2.24, 2.45) is 0 Å². The van der Waals surface area contributed by atoms with Crippen molar-refractivity contribution >= 4 is 34.9 Å². The highest BCUT2D eigenvalue weighted by atomic mass is 14.1. The van der Waals surface area contributed by atoms with E-state index in [1.807, 2.05) is 0 Å². The lowest BCUT2D eigenvalue weighted by Gasteiger charge is -2.17. The molecule has 0 aliphatic heterocycles. The van der Waals surface area contributed by atoms with Crippen LogP contribution in [0.25, 0.3) is 27.0 Å². The number of hydrogen-bond acceptors (Lipinski definition) is 0. The molecule has 0 spiro atoms. The molecule has 0 saturated carbocycles. The summed E-state index contributed by atoms with van der Waals surface area (Å²) in [7, 11) is 2.27. The Kier molecular flexibility index (Phi) is 1.71. The second kappa shape index (κ2) is 3.13. The van der Waals surface area contributed by atoms with E-state index in [-0.39, 0.29) is 0 Å². The largest absolute Gasteiger partial charge is 0.134 e. The van der Waals surface area contributed by atoms with Gasteiger partial charge in [0, 0.05) is 0 Å². The molecular weight excluding hydrogens is 203 g/mol. The molecule has 0 radical (unpaired) electrons. The molecule has 0 N–H and O–H groups in total. The van der Waals surface area contributed by atoms with Crippen molar-refractivity contribution in [3.63, 3.8) is 0 Å². The van der Waals surface area contributed by atoms with Gasteiger partial charge in [-0.05, 0) is 45.2 Å². The van der Waals surface area contributed by atoms with Gasteiger partial charge in [0.05, 0.1) is 0 Å². The Balaban J connectivity index is 2.44. The van der Waals surface area contributed by atoms with Crippen LogP contribution in [0.4, 0.5) is 0 Å². The van der Waals surface area contributed by atoms with Crippen LogP contribution < -0.4 is 5.22 Å². The van der Waals surface area contributed by atoms with E-state index in [0.29, 0.717) is 0 Å². The van der Waals surface area contributed by atoms with Crippen molar-refractivity contribution in [1.82, 2.24) is 0 Å². The highest BCUT2D eigenvalue weighted by molar-refractivity contribution is 6.39. The number of benzene rings is 3. The molecule has 17 heavy (non-hydrogen) atoms. The van der Waals surface area contributed by atoms with E-state index < -0.39 is 0 Å². The van der Waals surface area contributed by atoms with Gasteiger partial charge in [-0.1, -0.05) is 42.5 Å². The van der Waals surface area contributed by atoms with E-state index in [2.05, 4.69) is 50.3 Å². The maximum absolute atomic E-state index is 2.31. The topological polar surface area (TPSA) is 0 Å². The number of rotatable bonds is 0. The molecule has 0 fully saturated rings. The fourth-order valence-corrected chi connectivity index (χ4v) is 3.17. The molecular formula is C16H13B. The second-order valence-electron chi connectivity index (χ2n) is 5.07. The van der Waals surface area contributed by atoms with Gasteiger partial charge in [0.2, 0.25) is 0 Å². The standard InChI is InChI=1S/C16H13B/c17-14-9-7-12-5-4-10-2-1-3-11-6-8-13(14)16(12)15(10)11/h1-6,8H,7,9,17H2. The molecule has 0 saturated heterocycles. The zero-order chi connectivity index (χ0) is 11.4. The molecule has 80 valence electrons. The number of hydrogen-bond donors (Lipinski definition) is 0. The Bertz CT molecular complexity index is 783. The Hall–Kier alpha value is -1.76. The maximum atomic E-state index is 2.31. The van der Waals surface area contributed by atoms with E-state index in [9.17, 15) is 0 Å². The van der Waals surface area contributed by atoms with Crippen molar-refractivity contribution in [2.45, 2.75) is 12.8 Å². The molecule has 0 unspecified atom stereocenters. The molecule has 1 heteroatoms. The lowest BCUT2D eigenvalue weighted by Crippen LogP contribution is -2.15. The Morgan fingerprint density at radius 2 is 1.53 bits per heavy atom. The lowest BCUT2D eigenvalue weighted by molar-refractivity contribution is 1.03. The fraction of sp³-hybridized carbons (Fsp3) is 0.125. The van der Waals surface area contributed by atoms with E-state index in [0.717, 1.165) is 0 Å². The van der Waals surface area contributed by atoms with Gasteiger partial charge in [-0.15, -0.1) is 5.47 Å². The van der Waals surface area contributed by atoms with Gasteiger partial charge in [0.25, 0.3) is 0 Å². The smallest absolute Gasteiger partial charge is 0.102 e. The van der Waals surface area contributed by atoms with Gasteiger partial charge in [0.15, 0.2) is 0 Å². The van der Waals surface area contributed by atoms with Gasteiger partial charge in [-0.3, -0.25) is 0 Å². The summed E-state index contributed by atoms with van der Waals surface area (Å²) in [6.45, 7) is 0. The zero-order valence-electron chi connectivity index (χ0n) is 9.96. The van der Waals surface area contributed by atoms with Crippen LogP contribution in [0.3, 0.4) is 0 Å². The second-order valence-corrected chi connectivity index (χ2v) is 5.07. The van der Waals surface area contributed by atoms with Crippen molar-refractivity contribution in [1.29, 1.82) is 0 Å². The quantitative estimate of drug-likeness (QED) is 0.506. The average Bonchev–Trinajstić information content (AvgIpc) is 2.38. The SMILES string of the molecule is BC1=c2ccc3cccc4ccc(c2c43)CC1. The minimum atomic E-state index is 1.20. The Labute approximate surface area is 101 Å². The molecule has 1 aliphatic carbocycles. The predicted octanol–water partition coefficient (Wildman–Crippen LogP) is 2.40. The summed E-state index contributed by atoms with van der Waals surface area (Å²) in [6, 6.07) is 15.7. The molecule has 1 aliphatic rings. The predicted molar refractivity (Wildman–Crippen MR) is 76.9 cm³/mol. The summed E-state index contributed by atoms with van der Waals surface area (Å²) in [6.07, 6.45) is 2.41. The molecule has 4 rings (SSSR count). The minimum Gasteiger partial charge on any atom is -0.102 e. The normalized spacial score (nSPS) is 14.7. The van der Waals surface area contributed by atoms with Crippen LogP contribution in [0, 0.1) is 0 Å². The Morgan fingerprint density at radius 3 is 2.35 bits per heavy atom. The molecule has 0 heterocycles. The third-order valence-electron chi connectivity index (χ3n) is 4.09. The monoisotopic (exact) mass is 216 g/mol. The van der Waals surface area contributed by atoms with Crippen LogP contribution in [0.1, 0.15) is 12.0 Å². The van der Waals surface area contributed by atoms with Crippen LogP contribution in [-0.4, -0.2) is 7.85 Å². The van der Waals surface area contributed by atoms with Gasteiger partial charge in [0.1, 0.15) is 7.85 Å². The van der Waals surface area contributed by atoms with Crippen LogP contribution in [-0.2, 0) is 6.42 Å². The van der Waals surface area contributed by atoms with Gasteiger partial charge in [-0.2, -0.15) is 0 Å². The van der Waals surface area contributed by atoms with E-state index in [4.69, 9.17) is 0 Å². The molecule has 3 aromatic rings. The van der Waals surface area contributed by atoms with Crippen molar-refractivity contribution in [3.05, 3.63) is 53.2 Å². The van der Waals surface area contributed by atoms with Gasteiger partial charge >= 0.3 is 0 Å². The summed E-state index contributed by atoms with van der Waals surface area (Å²) in [5, 5.41) is 7.18. The van der Waals surface area contributed by atoms with Crippen molar-refractivity contribution in [2.75, 3.05) is 0 Å². The van der Waals surface area contributed by atoms with Crippen LogP contribution in [0.15, 0.2) is 42.5 Å². The first-order valence-electron chi connectivity index (χ1n) is 6.27. The lowest BCUT2D eigenvalue weighted by atomic mass is 9.80. The molecule has 3 aromatic carbocycles. The zero-order valence-corrected chi connectivity index (χ0v) is 9.96. The summed E-state index contributed by atoms with van der Waals surface area (Å²) < 4.78 is 0. The summed E-state index contributed by atoms with van der Waals surface area (Å²) in [5.74, 6) is 0. The minimum absolute atomic E-state index is 1.20. The molecule has 0 atom stereocenters. The molecule has 0 bridgehead atoms. The highest BCUT2D eigenvalue weighted by Crippen LogP contribution is 2.30. The molecule has 0 aromatic heterocycles.